The monoisotopic (exact) mass is 154 g/mol. The van der Waals surface area contributed by atoms with Crippen molar-refractivity contribution in [3.05, 3.63) is 10.1 Å². The Morgan fingerprint density at radius 3 is 2.00 bits per heavy atom. The van der Waals surface area contributed by atoms with Crippen molar-refractivity contribution in [2.24, 2.45) is 0 Å². The quantitative estimate of drug-likeness (QED) is 0.242. The number of hydrogen-bond donors (Lipinski definition) is 1. The largest absolute Gasteiger partial charge is 0.333 e. The van der Waals surface area contributed by atoms with Crippen LogP contribution < -0.4 is 0 Å². The van der Waals surface area contributed by atoms with Crippen LogP contribution in [0.1, 0.15) is 6.92 Å². The number of nitrogens with zero attached hydrogens (tertiary/aromatic N) is 1. The molecule has 0 heterocycles. The fourth-order valence-corrected chi connectivity index (χ4v) is 0. The van der Waals surface area contributed by atoms with Crippen LogP contribution in [-0.4, -0.2) is 16.3 Å². The summed E-state index contributed by atoms with van der Waals surface area (Å²) in [5.41, 5.74) is 0. The summed E-state index contributed by atoms with van der Waals surface area (Å²) >= 11 is 0. The zero-order valence-electron chi connectivity index (χ0n) is 3.59. The summed E-state index contributed by atoms with van der Waals surface area (Å²) in [4.78, 5) is 8.48. The van der Waals surface area contributed by atoms with Gasteiger partial charge in [0.15, 0.2) is 0 Å². The third-order valence-electron chi connectivity index (χ3n) is 0.305. The molecule has 1 unspecified atom stereocenters. The predicted octanol–water partition coefficient (Wildman–Crippen LogP) is -0.401. The van der Waals surface area contributed by atoms with E-state index in [0.717, 1.165) is 6.92 Å². The maximum atomic E-state index is 9.25. The number of aliphatic hydroxyl groups excluding tert-OH is 1. The molecular weight excluding hydrogens is 150 g/mol. The second-order valence-electron chi connectivity index (χ2n) is 0.917. The van der Waals surface area contributed by atoms with Gasteiger partial charge in [0, 0.05) is 24.0 Å². The summed E-state index contributed by atoms with van der Waals surface area (Å²) in [6, 6.07) is 0. The van der Waals surface area contributed by atoms with Gasteiger partial charge in [-0.3, -0.25) is 10.1 Å². The average Bonchev–Trinajstić information content (AvgIpc) is 1.36. The van der Waals surface area contributed by atoms with Crippen molar-refractivity contribution in [2.45, 2.75) is 13.2 Å². The molecule has 1 N–H and O–H groups in total. The molecule has 0 aliphatic heterocycles. The number of hydrogen-bond acceptors (Lipinski definition) is 3. The Kier molecular flexibility index (Phi) is 5.78. The second-order valence-corrected chi connectivity index (χ2v) is 0.917. The molecule has 0 saturated heterocycles. The van der Waals surface area contributed by atoms with Crippen molar-refractivity contribution in [2.75, 3.05) is 0 Å². The fraction of sp³-hybridized carbons (Fsp3) is 1.00. The summed E-state index contributed by atoms with van der Waals surface area (Å²) in [7, 11) is 0. The normalized spacial score (nSPS) is 11.7. The van der Waals surface area contributed by atoms with Crippen LogP contribution in [0, 0.1) is 10.1 Å². The molecule has 5 heteroatoms. The van der Waals surface area contributed by atoms with Gasteiger partial charge in [0.2, 0.25) is 0 Å². The van der Waals surface area contributed by atoms with Crippen molar-refractivity contribution in [3.8, 4) is 0 Å². The summed E-state index contributed by atoms with van der Waals surface area (Å²) in [6.07, 6.45) is -1.43. The Bertz CT molecular complexity index is 64.0. The standard InChI is InChI=1S/C2H5NO3.Cu/c1-2(4)3(5)6;/h2,4H,1H3;. The van der Waals surface area contributed by atoms with Gasteiger partial charge in [-0.2, -0.15) is 0 Å². The van der Waals surface area contributed by atoms with Gasteiger partial charge in [0.05, 0.1) is 4.92 Å². The molecule has 0 amide bonds. The van der Waals surface area contributed by atoms with E-state index in [-0.39, 0.29) is 17.1 Å². The Labute approximate surface area is 51.1 Å². The first-order valence-electron chi connectivity index (χ1n) is 1.46. The van der Waals surface area contributed by atoms with E-state index in [2.05, 4.69) is 0 Å². The molecule has 0 spiro atoms. The maximum absolute atomic E-state index is 9.25. The second kappa shape index (κ2) is 4.05. The third-order valence-corrected chi connectivity index (χ3v) is 0.305. The molecule has 0 aromatic carbocycles. The topological polar surface area (TPSA) is 63.4 Å². The molecule has 0 rings (SSSR count). The van der Waals surface area contributed by atoms with Gasteiger partial charge in [-0.15, -0.1) is 0 Å². The molecule has 0 aliphatic carbocycles. The molecule has 7 heavy (non-hydrogen) atoms. The minimum Gasteiger partial charge on any atom is -0.333 e. The average molecular weight is 155 g/mol. The fourth-order valence-electron chi connectivity index (χ4n) is 0. The van der Waals surface area contributed by atoms with E-state index >= 15 is 0 Å². The minimum atomic E-state index is -1.43. The molecule has 4 nitrogen and oxygen atoms in total. The molecule has 0 fully saturated rings. The van der Waals surface area contributed by atoms with E-state index in [4.69, 9.17) is 5.11 Å². The first kappa shape index (κ1) is 9.99. The summed E-state index contributed by atoms with van der Waals surface area (Å²) in [5.74, 6) is 0. The number of rotatable bonds is 1. The van der Waals surface area contributed by atoms with Crippen molar-refractivity contribution >= 4 is 0 Å². The number of aliphatic hydroxyl groups is 1. The Morgan fingerprint density at radius 1 is 1.86 bits per heavy atom. The van der Waals surface area contributed by atoms with Crippen LogP contribution >= 0.6 is 0 Å². The Morgan fingerprint density at radius 2 is 2.00 bits per heavy atom. The predicted molar refractivity (Wildman–Crippen MR) is 18.7 cm³/mol. The van der Waals surface area contributed by atoms with Crippen LogP contribution in [0.3, 0.4) is 0 Å². The van der Waals surface area contributed by atoms with Crippen LogP contribution in [0.15, 0.2) is 0 Å². The minimum absolute atomic E-state index is 0. The van der Waals surface area contributed by atoms with E-state index in [0.29, 0.717) is 0 Å². The van der Waals surface area contributed by atoms with Gasteiger partial charge in [-0.05, 0) is 0 Å². The molecular formula is C2H5CuNO3. The molecule has 0 bridgehead atoms. The van der Waals surface area contributed by atoms with Gasteiger partial charge in [0.1, 0.15) is 0 Å². The summed E-state index contributed by atoms with van der Waals surface area (Å²) < 4.78 is 0. The summed E-state index contributed by atoms with van der Waals surface area (Å²) in [6.45, 7) is 1.10. The van der Waals surface area contributed by atoms with Crippen molar-refractivity contribution in [1.29, 1.82) is 0 Å². The molecule has 1 atom stereocenters. The molecule has 0 aromatic heterocycles. The van der Waals surface area contributed by atoms with Gasteiger partial charge in [-0.25, -0.2) is 0 Å². The molecule has 0 aliphatic rings. The molecule has 47 valence electrons. The molecule has 1 radical (unpaired) electrons. The van der Waals surface area contributed by atoms with E-state index in [1.807, 2.05) is 0 Å². The zero-order valence-corrected chi connectivity index (χ0v) is 4.53. The van der Waals surface area contributed by atoms with Crippen LogP contribution in [-0.2, 0) is 17.1 Å². The SMILES string of the molecule is CC(O)[N+](=O)[O-].[Cu]. The first-order valence-corrected chi connectivity index (χ1v) is 1.46. The Balaban J connectivity index is 0. The third kappa shape index (κ3) is 5.88. The van der Waals surface area contributed by atoms with Gasteiger partial charge >= 0.3 is 6.23 Å². The zero-order chi connectivity index (χ0) is 5.15. The van der Waals surface area contributed by atoms with Crippen molar-refractivity contribution in [3.63, 3.8) is 0 Å². The van der Waals surface area contributed by atoms with Gasteiger partial charge < -0.3 is 5.11 Å². The molecule has 0 aromatic rings. The first-order chi connectivity index (χ1) is 2.64. The van der Waals surface area contributed by atoms with E-state index in [9.17, 15) is 10.1 Å². The number of nitro groups is 1. The van der Waals surface area contributed by atoms with Crippen LogP contribution in [0.4, 0.5) is 0 Å². The summed E-state index contributed by atoms with van der Waals surface area (Å²) in [5, 5.41) is 17.2. The van der Waals surface area contributed by atoms with Crippen LogP contribution in [0.5, 0.6) is 0 Å². The van der Waals surface area contributed by atoms with E-state index in [1.165, 1.54) is 0 Å². The van der Waals surface area contributed by atoms with Crippen molar-refractivity contribution in [1.82, 2.24) is 0 Å². The van der Waals surface area contributed by atoms with E-state index < -0.39 is 11.2 Å². The smallest absolute Gasteiger partial charge is 0.310 e. The van der Waals surface area contributed by atoms with Gasteiger partial charge in [0.25, 0.3) is 0 Å². The van der Waals surface area contributed by atoms with Crippen LogP contribution in [0.25, 0.3) is 0 Å². The Hall–Kier alpha value is -0.121. The maximum Gasteiger partial charge on any atom is 0.310 e. The van der Waals surface area contributed by atoms with Crippen molar-refractivity contribution < 1.29 is 27.1 Å². The molecule has 0 saturated carbocycles. The van der Waals surface area contributed by atoms with Crippen LogP contribution in [0.2, 0.25) is 0 Å². The van der Waals surface area contributed by atoms with Gasteiger partial charge in [-0.1, -0.05) is 0 Å². The van der Waals surface area contributed by atoms with E-state index in [1.54, 1.807) is 0 Å².